The third kappa shape index (κ3) is 4.00. The van der Waals surface area contributed by atoms with Gasteiger partial charge in [-0.3, -0.25) is 4.99 Å². The van der Waals surface area contributed by atoms with Crippen molar-refractivity contribution in [2.24, 2.45) is 10.1 Å². The average molecular weight is 351 g/mol. The monoisotopic (exact) mass is 351 g/mol. The van der Waals surface area contributed by atoms with Crippen LogP contribution in [0.2, 0.25) is 0 Å². The largest absolute Gasteiger partial charge is 0.253 e. The van der Waals surface area contributed by atoms with Gasteiger partial charge in [0.25, 0.3) is 0 Å². The number of hydrogen-bond donors (Lipinski definition) is 0. The normalized spacial score (nSPS) is 12.0. The predicted molar refractivity (Wildman–Crippen MR) is 103 cm³/mol. The molecule has 0 N–H and O–H groups in total. The van der Waals surface area contributed by atoms with E-state index in [9.17, 15) is 4.39 Å². The summed E-state index contributed by atoms with van der Waals surface area (Å²) in [6.45, 7) is 6.21. The number of hydrogen-bond acceptors (Lipinski definition) is 3. The summed E-state index contributed by atoms with van der Waals surface area (Å²) in [5.41, 5.74) is 3.31. The lowest BCUT2D eigenvalue weighted by molar-refractivity contribution is 0.629. The van der Waals surface area contributed by atoms with Crippen LogP contribution in [0.3, 0.4) is 0 Å². The molecule has 0 amide bonds. The summed E-state index contributed by atoms with van der Waals surface area (Å²) >= 11 is 1.43. The van der Waals surface area contributed by atoms with Gasteiger partial charge in [-0.05, 0) is 24.6 Å². The first-order chi connectivity index (χ1) is 12.2. The predicted octanol–water partition coefficient (Wildman–Crippen LogP) is 4.63. The van der Waals surface area contributed by atoms with Crippen LogP contribution in [0.25, 0.3) is 11.3 Å². The maximum Gasteiger partial charge on any atom is 0.206 e. The second-order valence-corrected chi connectivity index (χ2v) is 6.32. The molecule has 1 aromatic heterocycles. The molecule has 25 heavy (non-hydrogen) atoms. The molecule has 0 aliphatic carbocycles. The smallest absolute Gasteiger partial charge is 0.206 e. The number of halogens is 1. The van der Waals surface area contributed by atoms with E-state index in [2.05, 4.69) is 16.7 Å². The fraction of sp³-hybridized carbons (Fsp3) is 0.100. The minimum absolute atomic E-state index is 0.282. The summed E-state index contributed by atoms with van der Waals surface area (Å²) in [5.74, 6) is -0.282. The number of aromatic nitrogens is 1. The van der Waals surface area contributed by atoms with E-state index in [4.69, 9.17) is 0 Å². The summed E-state index contributed by atoms with van der Waals surface area (Å²) in [4.78, 5) is 5.15. The molecule has 0 radical (unpaired) electrons. The highest BCUT2D eigenvalue weighted by molar-refractivity contribution is 7.07. The third-order valence-corrected chi connectivity index (χ3v) is 4.41. The Morgan fingerprint density at radius 1 is 1.20 bits per heavy atom. The number of thiazole rings is 1. The summed E-state index contributed by atoms with van der Waals surface area (Å²) < 4.78 is 15.9. The highest BCUT2D eigenvalue weighted by Gasteiger charge is 2.11. The SMILES string of the molecule is C=CCN=c1scc(-c2ccccc2F)n1N=Cc1cccc(C)c1. The van der Waals surface area contributed by atoms with Gasteiger partial charge in [0.05, 0.1) is 18.5 Å². The molecule has 0 spiro atoms. The van der Waals surface area contributed by atoms with E-state index < -0.39 is 0 Å². The first kappa shape index (κ1) is 17.0. The minimum Gasteiger partial charge on any atom is -0.253 e. The van der Waals surface area contributed by atoms with Gasteiger partial charge >= 0.3 is 0 Å². The molecule has 0 aliphatic rings. The van der Waals surface area contributed by atoms with Gasteiger partial charge < -0.3 is 0 Å². The summed E-state index contributed by atoms with van der Waals surface area (Å²) in [5, 5.41) is 6.42. The van der Waals surface area contributed by atoms with Crippen molar-refractivity contribution < 1.29 is 4.39 Å². The van der Waals surface area contributed by atoms with Crippen molar-refractivity contribution >= 4 is 17.6 Å². The molecule has 0 saturated carbocycles. The fourth-order valence-corrected chi connectivity index (χ4v) is 3.23. The van der Waals surface area contributed by atoms with E-state index in [0.29, 0.717) is 22.6 Å². The Labute approximate surface area is 150 Å². The molecule has 3 rings (SSSR count). The molecule has 126 valence electrons. The molecule has 0 atom stereocenters. The van der Waals surface area contributed by atoms with Gasteiger partial charge in [0.15, 0.2) is 0 Å². The topological polar surface area (TPSA) is 29.6 Å². The van der Waals surface area contributed by atoms with E-state index in [0.717, 1.165) is 11.1 Å². The van der Waals surface area contributed by atoms with E-state index in [1.165, 1.54) is 17.4 Å². The van der Waals surface area contributed by atoms with E-state index in [1.54, 1.807) is 29.1 Å². The summed E-state index contributed by atoms with van der Waals surface area (Å²) in [6, 6.07) is 14.7. The van der Waals surface area contributed by atoms with Crippen LogP contribution in [0.15, 0.2) is 76.7 Å². The Hall–Kier alpha value is -2.79. The van der Waals surface area contributed by atoms with Crippen molar-refractivity contribution in [1.82, 2.24) is 4.68 Å². The third-order valence-electron chi connectivity index (χ3n) is 3.56. The molecule has 3 aromatic rings. The minimum atomic E-state index is -0.282. The highest BCUT2D eigenvalue weighted by atomic mass is 32.1. The molecule has 5 heteroatoms. The number of aryl methyl sites for hydroxylation is 1. The fourth-order valence-electron chi connectivity index (χ4n) is 2.39. The lowest BCUT2D eigenvalue weighted by Crippen LogP contribution is -2.12. The standard InChI is InChI=1S/C20H18FN3S/c1-3-11-22-20-24(23-13-16-8-6-7-15(2)12-16)19(14-25-20)17-9-4-5-10-18(17)21/h3-10,12-14H,1,11H2,2H3. The quantitative estimate of drug-likeness (QED) is 0.474. The van der Waals surface area contributed by atoms with Gasteiger partial charge in [-0.2, -0.15) is 5.10 Å². The Balaban J connectivity index is 2.11. The molecule has 1 heterocycles. The van der Waals surface area contributed by atoms with Crippen molar-refractivity contribution in [3.05, 3.63) is 88.3 Å². The van der Waals surface area contributed by atoms with Crippen LogP contribution >= 0.6 is 11.3 Å². The first-order valence-corrected chi connectivity index (χ1v) is 8.75. The summed E-state index contributed by atoms with van der Waals surface area (Å²) in [6.07, 6.45) is 3.48. The molecular formula is C20H18FN3S. The van der Waals surface area contributed by atoms with E-state index in [-0.39, 0.29) is 5.82 Å². The van der Waals surface area contributed by atoms with Gasteiger partial charge in [0.2, 0.25) is 4.80 Å². The van der Waals surface area contributed by atoms with Crippen molar-refractivity contribution in [1.29, 1.82) is 0 Å². The molecule has 2 aromatic carbocycles. The first-order valence-electron chi connectivity index (χ1n) is 7.87. The van der Waals surface area contributed by atoms with E-state index in [1.807, 2.05) is 42.6 Å². The van der Waals surface area contributed by atoms with Gasteiger partial charge in [-0.25, -0.2) is 9.07 Å². The van der Waals surface area contributed by atoms with Crippen molar-refractivity contribution in [3.8, 4) is 11.3 Å². The van der Waals surface area contributed by atoms with Crippen LogP contribution in [-0.4, -0.2) is 17.4 Å². The van der Waals surface area contributed by atoms with Gasteiger partial charge in [0, 0.05) is 10.9 Å². The maximum atomic E-state index is 14.2. The molecule has 0 aliphatic heterocycles. The summed E-state index contributed by atoms with van der Waals surface area (Å²) in [7, 11) is 0. The van der Waals surface area contributed by atoms with Crippen LogP contribution in [0.5, 0.6) is 0 Å². The highest BCUT2D eigenvalue weighted by Crippen LogP contribution is 2.23. The maximum absolute atomic E-state index is 14.2. The molecular weight excluding hydrogens is 333 g/mol. The molecule has 3 nitrogen and oxygen atoms in total. The van der Waals surface area contributed by atoms with Gasteiger partial charge in [0.1, 0.15) is 5.82 Å². The lowest BCUT2D eigenvalue weighted by atomic mass is 10.1. The molecule has 0 fully saturated rings. The average Bonchev–Trinajstić information content (AvgIpc) is 3.01. The zero-order valence-electron chi connectivity index (χ0n) is 13.9. The van der Waals surface area contributed by atoms with Crippen molar-refractivity contribution in [3.63, 3.8) is 0 Å². The number of nitrogens with zero attached hydrogens (tertiary/aromatic N) is 3. The van der Waals surface area contributed by atoms with Crippen LogP contribution in [0, 0.1) is 12.7 Å². The number of benzene rings is 2. The van der Waals surface area contributed by atoms with Crippen LogP contribution in [-0.2, 0) is 0 Å². The Bertz CT molecular complexity index is 982. The van der Waals surface area contributed by atoms with Crippen molar-refractivity contribution in [2.45, 2.75) is 6.92 Å². The van der Waals surface area contributed by atoms with Gasteiger partial charge in [-0.15, -0.1) is 17.9 Å². The second kappa shape index (κ2) is 7.85. The van der Waals surface area contributed by atoms with Crippen LogP contribution in [0.1, 0.15) is 11.1 Å². The zero-order valence-corrected chi connectivity index (χ0v) is 14.7. The van der Waals surface area contributed by atoms with Gasteiger partial charge in [-0.1, -0.05) is 48.0 Å². The lowest BCUT2D eigenvalue weighted by Gasteiger charge is -2.04. The Morgan fingerprint density at radius 2 is 2.04 bits per heavy atom. The molecule has 0 unspecified atom stereocenters. The Kier molecular flexibility index (Phi) is 5.36. The Morgan fingerprint density at radius 3 is 2.80 bits per heavy atom. The van der Waals surface area contributed by atoms with Crippen LogP contribution in [0.4, 0.5) is 4.39 Å². The molecule has 0 bridgehead atoms. The second-order valence-electron chi connectivity index (χ2n) is 5.48. The zero-order chi connectivity index (χ0) is 17.6. The van der Waals surface area contributed by atoms with E-state index >= 15 is 0 Å². The number of rotatable bonds is 5. The van der Waals surface area contributed by atoms with Crippen molar-refractivity contribution in [2.75, 3.05) is 6.54 Å². The van der Waals surface area contributed by atoms with Crippen LogP contribution < -0.4 is 4.80 Å². The molecule has 0 saturated heterocycles.